The van der Waals surface area contributed by atoms with Crippen LogP contribution in [0.1, 0.15) is 12.8 Å². The molecule has 2 amide bonds. The zero-order valence-electron chi connectivity index (χ0n) is 14.4. The van der Waals surface area contributed by atoms with Crippen molar-refractivity contribution >= 4 is 34.3 Å². The number of rotatable bonds is 3. The van der Waals surface area contributed by atoms with Crippen LogP contribution in [0, 0.1) is 6.92 Å². The second-order valence-electron chi connectivity index (χ2n) is 6.12. The van der Waals surface area contributed by atoms with Crippen LogP contribution in [0.5, 0.6) is 5.75 Å². The second-order valence-corrected chi connectivity index (χ2v) is 6.12. The van der Waals surface area contributed by atoms with Crippen molar-refractivity contribution in [2.75, 3.05) is 16.8 Å². The Balaban J connectivity index is 1.54. The molecule has 1 aliphatic heterocycles. The monoisotopic (exact) mass is 351 g/mol. The summed E-state index contributed by atoms with van der Waals surface area (Å²) in [7, 11) is 0. The Morgan fingerprint density at radius 3 is 2.92 bits per heavy atom. The number of hydrogen-bond donors (Lipinski definition) is 1. The first kappa shape index (κ1) is 16.1. The van der Waals surface area contributed by atoms with Gasteiger partial charge in [0.15, 0.2) is 17.6 Å². The second kappa shape index (κ2) is 6.18. The molecule has 132 valence electrons. The number of anilines is 2. The summed E-state index contributed by atoms with van der Waals surface area (Å²) in [4.78, 5) is 30.6. The van der Waals surface area contributed by atoms with Gasteiger partial charge in [-0.05, 0) is 37.3 Å². The summed E-state index contributed by atoms with van der Waals surface area (Å²) in [5.74, 6) is 0.600. The Labute approximate surface area is 149 Å². The van der Waals surface area contributed by atoms with Crippen LogP contribution in [0.4, 0.5) is 11.4 Å². The van der Waals surface area contributed by atoms with E-state index >= 15 is 0 Å². The maximum absolute atomic E-state index is 12.5. The van der Waals surface area contributed by atoms with E-state index in [9.17, 15) is 9.59 Å². The Kier molecular flexibility index (Phi) is 3.84. The van der Waals surface area contributed by atoms with Crippen LogP contribution in [0.25, 0.3) is 11.1 Å². The highest BCUT2D eigenvalue weighted by molar-refractivity contribution is 6.06. The molecule has 0 fully saturated rings. The number of carbonyl (C=O) groups is 2. The van der Waals surface area contributed by atoms with E-state index in [4.69, 9.17) is 9.15 Å². The number of benzene rings is 2. The number of nitrogens with zero attached hydrogens (tertiary/aromatic N) is 2. The lowest BCUT2D eigenvalue weighted by atomic mass is 10.2. The summed E-state index contributed by atoms with van der Waals surface area (Å²) in [5, 5.41) is 2.80. The molecule has 1 aromatic heterocycles. The van der Waals surface area contributed by atoms with Gasteiger partial charge in [-0.3, -0.25) is 14.5 Å². The minimum Gasteiger partial charge on any atom is -0.479 e. The molecular formula is C19H17N3O4. The van der Waals surface area contributed by atoms with E-state index in [0.29, 0.717) is 34.1 Å². The maximum Gasteiger partial charge on any atom is 0.268 e. The van der Waals surface area contributed by atoms with Crippen LogP contribution >= 0.6 is 0 Å². The number of aryl methyl sites for hydroxylation is 1. The van der Waals surface area contributed by atoms with E-state index in [0.717, 1.165) is 0 Å². The smallest absolute Gasteiger partial charge is 0.268 e. The van der Waals surface area contributed by atoms with Gasteiger partial charge >= 0.3 is 0 Å². The van der Waals surface area contributed by atoms with Gasteiger partial charge in [0.1, 0.15) is 17.8 Å². The van der Waals surface area contributed by atoms with Crippen molar-refractivity contribution in [1.82, 2.24) is 4.98 Å². The maximum atomic E-state index is 12.5. The number of fused-ring (bicyclic) bond motifs is 2. The van der Waals surface area contributed by atoms with E-state index in [1.54, 1.807) is 50.2 Å². The van der Waals surface area contributed by atoms with Crippen LogP contribution in [0.15, 0.2) is 46.9 Å². The lowest BCUT2D eigenvalue weighted by Crippen LogP contribution is -2.47. The van der Waals surface area contributed by atoms with E-state index < -0.39 is 6.10 Å². The Morgan fingerprint density at radius 2 is 2.08 bits per heavy atom. The Morgan fingerprint density at radius 1 is 1.27 bits per heavy atom. The normalized spacial score (nSPS) is 16.3. The quantitative estimate of drug-likeness (QED) is 0.784. The van der Waals surface area contributed by atoms with Gasteiger partial charge in [0, 0.05) is 12.6 Å². The number of nitrogens with one attached hydrogen (secondary N) is 1. The molecule has 0 aliphatic carbocycles. The van der Waals surface area contributed by atoms with Crippen LogP contribution in [0.3, 0.4) is 0 Å². The fourth-order valence-electron chi connectivity index (χ4n) is 2.99. The number of oxazole rings is 1. The molecule has 3 aromatic rings. The first-order valence-electron chi connectivity index (χ1n) is 8.25. The van der Waals surface area contributed by atoms with Crippen molar-refractivity contribution in [3.63, 3.8) is 0 Å². The summed E-state index contributed by atoms with van der Waals surface area (Å²) < 4.78 is 11.0. The Bertz CT molecular complexity index is 1010. The fraction of sp³-hybridized carbons (Fsp3) is 0.211. The molecule has 1 aliphatic rings. The van der Waals surface area contributed by atoms with E-state index in [-0.39, 0.29) is 18.4 Å². The lowest BCUT2D eigenvalue weighted by molar-refractivity contribution is -0.127. The first-order valence-corrected chi connectivity index (χ1v) is 8.25. The van der Waals surface area contributed by atoms with Crippen LogP contribution in [-0.4, -0.2) is 29.4 Å². The molecule has 0 bridgehead atoms. The summed E-state index contributed by atoms with van der Waals surface area (Å²) in [6.45, 7) is 3.34. The van der Waals surface area contributed by atoms with E-state index in [2.05, 4.69) is 10.3 Å². The largest absolute Gasteiger partial charge is 0.479 e. The number of carbonyl (C=O) groups excluding carboxylic acids is 2. The Hall–Kier alpha value is -3.35. The zero-order valence-corrected chi connectivity index (χ0v) is 14.4. The summed E-state index contributed by atoms with van der Waals surface area (Å²) in [6.07, 6.45) is -0.632. The van der Waals surface area contributed by atoms with Crippen molar-refractivity contribution < 1.29 is 18.7 Å². The molecule has 4 rings (SSSR count). The van der Waals surface area contributed by atoms with Gasteiger partial charge in [-0.1, -0.05) is 12.1 Å². The highest BCUT2D eigenvalue weighted by Crippen LogP contribution is 2.33. The van der Waals surface area contributed by atoms with E-state index in [1.165, 1.54) is 4.90 Å². The topological polar surface area (TPSA) is 84.7 Å². The molecule has 7 heteroatoms. The molecule has 2 aromatic carbocycles. The predicted octanol–water partition coefficient (Wildman–Crippen LogP) is 2.89. The molecule has 0 saturated carbocycles. The molecule has 26 heavy (non-hydrogen) atoms. The van der Waals surface area contributed by atoms with Crippen LogP contribution in [0.2, 0.25) is 0 Å². The molecule has 0 spiro atoms. The van der Waals surface area contributed by atoms with Crippen molar-refractivity contribution in [2.45, 2.75) is 20.0 Å². The van der Waals surface area contributed by atoms with Crippen LogP contribution < -0.4 is 15.0 Å². The average molecular weight is 351 g/mol. The molecular weight excluding hydrogens is 334 g/mol. The zero-order chi connectivity index (χ0) is 18.3. The van der Waals surface area contributed by atoms with Gasteiger partial charge in [-0.25, -0.2) is 4.98 Å². The van der Waals surface area contributed by atoms with Gasteiger partial charge < -0.3 is 14.5 Å². The highest BCUT2D eigenvalue weighted by Gasteiger charge is 2.32. The third-order valence-corrected chi connectivity index (χ3v) is 4.15. The van der Waals surface area contributed by atoms with Gasteiger partial charge in [-0.2, -0.15) is 0 Å². The highest BCUT2D eigenvalue weighted by atomic mass is 16.5. The van der Waals surface area contributed by atoms with Crippen molar-refractivity contribution in [3.8, 4) is 5.75 Å². The number of para-hydroxylation sites is 2. The minimum atomic E-state index is -0.632. The van der Waals surface area contributed by atoms with Gasteiger partial charge in [0.05, 0.1) is 5.69 Å². The summed E-state index contributed by atoms with van der Waals surface area (Å²) in [5.41, 5.74) is 2.51. The number of ether oxygens (including phenoxy) is 1. The standard InChI is InChI=1S/C19H17N3O4/c1-11-19(24)22(15-5-3-4-6-17(15)25-11)10-18(23)21-13-7-8-16-14(9-13)20-12(2)26-16/h3-9,11H,10H2,1-2H3,(H,21,23)/t11-/m1/s1. The van der Waals surface area contributed by atoms with Gasteiger partial charge in [-0.15, -0.1) is 0 Å². The first-order chi connectivity index (χ1) is 12.5. The minimum absolute atomic E-state index is 0.0978. The number of hydrogen-bond acceptors (Lipinski definition) is 5. The third-order valence-electron chi connectivity index (χ3n) is 4.15. The molecule has 0 unspecified atom stereocenters. The molecule has 0 radical (unpaired) electrons. The summed E-state index contributed by atoms with van der Waals surface area (Å²) >= 11 is 0. The summed E-state index contributed by atoms with van der Waals surface area (Å²) in [6, 6.07) is 12.4. The van der Waals surface area contributed by atoms with Gasteiger partial charge in [0.25, 0.3) is 5.91 Å². The molecule has 0 saturated heterocycles. The van der Waals surface area contributed by atoms with Crippen molar-refractivity contribution in [2.24, 2.45) is 0 Å². The predicted molar refractivity (Wildman–Crippen MR) is 96.3 cm³/mol. The number of aromatic nitrogens is 1. The number of amides is 2. The van der Waals surface area contributed by atoms with Gasteiger partial charge in [0.2, 0.25) is 5.91 Å². The molecule has 7 nitrogen and oxygen atoms in total. The molecule has 1 N–H and O–H groups in total. The van der Waals surface area contributed by atoms with Crippen molar-refractivity contribution in [1.29, 1.82) is 0 Å². The lowest BCUT2D eigenvalue weighted by Gasteiger charge is -2.32. The molecule has 1 atom stereocenters. The van der Waals surface area contributed by atoms with E-state index in [1.807, 2.05) is 6.07 Å². The third kappa shape index (κ3) is 2.88. The average Bonchev–Trinajstić information content (AvgIpc) is 2.98. The van der Waals surface area contributed by atoms with Crippen LogP contribution in [-0.2, 0) is 9.59 Å². The fourth-order valence-corrected chi connectivity index (χ4v) is 2.99. The molecule has 2 heterocycles. The SMILES string of the molecule is Cc1nc2cc(NC(=O)CN3C(=O)[C@@H](C)Oc4ccccc43)ccc2o1. The van der Waals surface area contributed by atoms with Crippen molar-refractivity contribution in [3.05, 3.63) is 48.4 Å².